The zero-order chi connectivity index (χ0) is 30.2. The molecule has 2 aliphatic heterocycles. The third-order valence-electron chi connectivity index (χ3n) is 6.95. The van der Waals surface area contributed by atoms with Gasteiger partial charge in [-0.05, 0) is 48.7 Å². The zero-order valence-corrected chi connectivity index (χ0v) is 22.6. The maximum Gasteiger partial charge on any atom is 0.490 e. The topological polar surface area (TPSA) is 120 Å². The number of halogens is 4. The number of aliphatic carboxylic acids is 1. The molecule has 0 radical (unpaired) electrons. The Morgan fingerprint density at radius 2 is 1.73 bits per heavy atom. The molecule has 0 aromatic heterocycles. The number of rotatable bonds is 8. The summed E-state index contributed by atoms with van der Waals surface area (Å²) in [5, 5.41) is 13.0. The van der Waals surface area contributed by atoms with Crippen molar-refractivity contribution in [1.82, 2.24) is 15.5 Å². The molecule has 2 aliphatic rings. The minimum Gasteiger partial charge on any atom is -0.493 e. The van der Waals surface area contributed by atoms with Gasteiger partial charge in [0, 0.05) is 31.9 Å². The first kappa shape index (κ1) is 31.5. The number of nitrogens with one attached hydrogen (secondary N) is 2. The molecule has 2 amide bonds. The van der Waals surface area contributed by atoms with Gasteiger partial charge in [0.05, 0.1) is 27.3 Å². The highest BCUT2D eigenvalue weighted by Gasteiger charge is 2.50. The Labute approximate surface area is 234 Å². The summed E-state index contributed by atoms with van der Waals surface area (Å²) in [6.45, 7) is 3.07. The number of carbonyl (C=O) groups is 3. The fourth-order valence-corrected chi connectivity index (χ4v) is 4.81. The predicted octanol–water partition coefficient (Wildman–Crippen LogP) is 2.56. The second-order valence-electron chi connectivity index (χ2n) is 9.46. The lowest BCUT2D eigenvalue weighted by Gasteiger charge is -2.43. The van der Waals surface area contributed by atoms with E-state index in [1.807, 2.05) is 17.0 Å². The molecule has 2 aromatic carbocycles. The van der Waals surface area contributed by atoms with Gasteiger partial charge < -0.3 is 35.0 Å². The highest BCUT2D eigenvalue weighted by molar-refractivity contribution is 5.93. The maximum atomic E-state index is 13.8. The summed E-state index contributed by atoms with van der Waals surface area (Å²) in [5.41, 5.74) is 0.912. The number of carboxylic acid groups (broad SMARTS) is 1. The van der Waals surface area contributed by atoms with Gasteiger partial charge in [0.25, 0.3) is 0 Å². The first-order valence-electron chi connectivity index (χ1n) is 12.7. The van der Waals surface area contributed by atoms with Crippen LogP contribution in [0.4, 0.5) is 23.2 Å². The van der Waals surface area contributed by atoms with E-state index in [0.29, 0.717) is 49.8 Å². The van der Waals surface area contributed by atoms with Crippen LogP contribution in [0.2, 0.25) is 0 Å². The SMILES string of the molecule is COc1ccc(CC(=O)NCCN2CCC3(CC2)C(=O)NCN3c2cccc(F)c2)cc1OC.O=C(O)C(F)(F)F. The van der Waals surface area contributed by atoms with Crippen molar-refractivity contribution >= 4 is 23.5 Å². The second-order valence-corrected chi connectivity index (χ2v) is 9.46. The number of nitrogens with zero attached hydrogens (tertiary/aromatic N) is 2. The second kappa shape index (κ2) is 13.5. The fourth-order valence-electron chi connectivity index (χ4n) is 4.81. The van der Waals surface area contributed by atoms with E-state index in [1.165, 1.54) is 12.1 Å². The van der Waals surface area contributed by atoms with Crippen LogP contribution in [0.15, 0.2) is 42.5 Å². The van der Waals surface area contributed by atoms with Crippen molar-refractivity contribution in [3.63, 3.8) is 0 Å². The van der Waals surface area contributed by atoms with Crippen molar-refractivity contribution in [3.05, 3.63) is 53.8 Å². The summed E-state index contributed by atoms with van der Waals surface area (Å²) in [6, 6.07) is 11.8. The zero-order valence-electron chi connectivity index (χ0n) is 22.6. The molecule has 224 valence electrons. The lowest BCUT2D eigenvalue weighted by molar-refractivity contribution is -0.192. The molecular weight excluding hydrogens is 552 g/mol. The Kier molecular flexibility index (Phi) is 10.4. The highest BCUT2D eigenvalue weighted by Crippen LogP contribution is 2.36. The third-order valence-corrected chi connectivity index (χ3v) is 6.95. The molecule has 2 heterocycles. The van der Waals surface area contributed by atoms with E-state index in [4.69, 9.17) is 19.4 Å². The van der Waals surface area contributed by atoms with Crippen LogP contribution >= 0.6 is 0 Å². The Bertz CT molecular complexity index is 1230. The van der Waals surface area contributed by atoms with Crippen LogP contribution in [-0.4, -0.2) is 86.6 Å². The van der Waals surface area contributed by atoms with Gasteiger partial charge in [-0.1, -0.05) is 12.1 Å². The lowest BCUT2D eigenvalue weighted by Crippen LogP contribution is -2.57. The Morgan fingerprint density at radius 3 is 2.32 bits per heavy atom. The summed E-state index contributed by atoms with van der Waals surface area (Å²) in [5.74, 6) is -1.91. The number of anilines is 1. The average molecular weight is 585 g/mol. The number of hydrogen-bond acceptors (Lipinski definition) is 7. The standard InChI is InChI=1S/C25H31FN4O4.C2HF3O2/c1-33-21-7-6-18(14-22(21)34-2)15-23(31)27-10-13-29-11-8-25(9-12-29)24(32)28-17-30(25)20-5-3-4-19(26)16-20;3-2(4,5)1(6)7/h3-7,14,16H,8-13,15,17H2,1-2H3,(H,27,31)(H,28,32);(H,6,7). The molecule has 41 heavy (non-hydrogen) atoms. The van der Waals surface area contributed by atoms with Crippen molar-refractivity contribution in [2.75, 3.05) is 52.0 Å². The van der Waals surface area contributed by atoms with Crippen LogP contribution in [0.25, 0.3) is 0 Å². The number of methoxy groups -OCH3 is 2. The summed E-state index contributed by atoms with van der Waals surface area (Å²) in [6.07, 6.45) is -3.53. The van der Waals surface area contributed by atoms with Gasteiger partial charge in [-0.25, -0.2) is 9.18 Å². The van der Waals surface area contributed by atoms with Crippen molar-refractivity contribution < 1.29 is 46.5 Å². The van der Waals surface area contributed by atoms with E-state index in [9.17, 15) is 27.2 Å². The number of carbonyl (C=O) groups excluding carboxylic acids is 2. The van der Waals surface area contributed by atoms with E-state index in [2.05, 4.69) is 15.5 Å². The van der Waals surface area contributed by atoms with Gasteiger partial charge in [-0.3, -0.25) is 9.59 Å². The number of hydrogen-bond donors (Lipinski definition) is 3. The molecule has 3 N–H and O–H groups in total. The summed E-state index contributed by atoms with van der Waals surface area (Å²) in [7, 11) is 3.14. The van der Waals surface area contributed by atoms with Crippen LogP contribution in [0.5, 0.6) is 11.5 Å². The van der Waals surface area contributed by atoms with Crippen molar-refractivity contribution in [2.24, 2.45) is 0 Å². The average Bonchev–Trinajstić information content (AvgIpc) is 3.24. The number of alkyl halides is 3. The van der Waals surface area contributed by atoms with Crippen LogP contribution in [-0.2, 0) is 20.8 Å². The number of benzene rings is 2. The summed E-state index contributed by atoms with van der Waals surface area (Å²) in [4.78, 5) is 38.3. The number of piperidine rings is 1. The van der Waals surface area contributed by atoms with Gasteiger partial charge in [-0.2, -0.15) is 13.2 Å². The molecule has 2 aromatic rings. The summed E-state index contributed by atoms with van der Waals surface area (Å²) < 4.78 is 56.0. The summed E-state index contributed by atoms with van der Waals surface area (Å²) >= 11 is 0. The van der Waals surface area contributed by atoms with Crippen LogP contribution in [0.3, 0.4) is 0 Å². The molecule has 0 saturated carbocycles. The molecular formula is C27H32F4N4O6. The molecule has 2 fully saturated rings. The smallest absolute Gasteiger partial charge is 0.490 e. The minimum absolute atomic E-state index is 0.000339. The minimum atomic E-state index is -5.08. The molecule has 4 rings (SSSR count). The Balaban J connectivity index is 0.000000587. The first-order valence-corrected chi connectivity index (χ1v) is 12.7. The molecule has 0 atom stereocenters. The first-order chi connectivity index (χ1) is 19.4. The molecule has 14 heteroatoms. The predicted molar refractivity (Wildman–Crippen MR) is 140 cm³/mol. The highest BCUT2D eigenvalue weighted by atomic mass is 19.4. The number of likely N-dealkylation sites (tertiary alicyclic amines) is 1. The molecule has 0 bridgehead atoms. The van der Waals surface area contributed by atoms with E-state index in [1.54, 1.807) is 32.4 Å². The quantitative estimate of drug-likeness (QED) is 0.405. The molecule has 0 unspecified atom stereocenters. The maximum absolute atomic E-state index is 13.8. The Morgan fingerprint density at radius 1 is 1.07 bits per heavy atom. The van der Waals surface area contributed by atoms with Gasteiger partial charge in [0.1, 0.15) is 11.4 Å². The van der Waals surface area contributed by atoms with Crippen molar-refractivity contribution in [3.8, 4) is 11.5 Å². The number of amides is 2. The van der Waals surface area contributed by atoms with Crippen molar-refractivity contribution in [2.45, 2.75) is 31.0 Å². The third kappa shape index (κ3) is 7.99. The van der Waals surface area contributed by atoms with E-state index in [-0.39, 0.29) is 24.1 Å². The van der Waals surface area contributed by atoms with Gasteiger partial charge in [0.2, 0.25) is 11.8 Å². The van der Waals surface area contributed by atoms with E-state index in [0.717, 1.165) is 18.7 Å². The largest absolute Gasteiger partial charge is 0.493 e. The van der Waals surface area contributed by atoms with Gasteiger partial charge >= 0.3 is 12.1 Å². The van der Waals surface area contributed by atoms with Gasteiger partial charge in [0.15, 0.2) is 11.5 Å². The molecule has 0 aliphatic carbocycles. The van der Waals surface area contributed by atoms with Crippen LogP contribution in [0.1, 0.15) is 18.4 Å². The fraction of sp³-hybridized carbons (Fsp3) is 0.444. The van der Waals surface area contributed by atoms with Crippen LogP contribution < -0.4 is 25.0 Å². The Hall–Kier alpha value is -4.07. The monoisotopic (exact) mass is 584 g/mol. The number of ether oxygens (including phenoxy) is 2. The number of carboxylic acids is 1. The lowest BCUT2D eigenvalue weighted by atomic mass is 9.85. The van der Waals surface area contributed by atoms with Gasteiger partial charge in [-0.15, -0.1) is 0 Å². The van der Waals surface area contributed by atoms with E-state index < -0.39 is 17.7 Å². The molecule has 1 spiro atoms. The van der Waals surface area contributed by atoms with Crippen LogP contribution in [0, 0.1) is 5.82 Å². The molecule has 2 saturated heterocycles. The van der Waals surface area contributed by atoms with E-state index >= 15 is 0 Å². The van der Waals surface area contributed by atoms with Crippen molar-refractivity contribution in [1.29, 1.82) is 0 Å². The normalized spacial score (nSPS) is 16.4. The molecule has 10 nitrogen and oxygen atoms in total.